The van der Waals surface area contributed by atoms with Gasteiger partial charge in [-0.2, -0.15) is 0 Å². The number of amides is 1. The van der Waals surface area contributed by atoms with Gasteiger partial charge in [0.1, 0.15) is 0 Å². The molecule has 0 aliphatic carbocycles. The highest BCUT2D eigenvalue weighted by atomic mass is 16.3. The third-order valence-electron chi connectivity index (χ3n) is 2.58. The summed E-state index contributed by atoms with van der Waals surface area (Å²) in [5, 5.41) is 9.41. The fourth-order valence-electron chi connectivity index (χ4n) is 1.91. The highest BCUT2D eigenvalue weighted by molar-refractivity contribution is 5.79. The van der Waals surface area contributed by atoms with E-state index in [-0.39, 0.29) is 18.1 Å². The number of carbonyl (C=O) groups excluding carboxylic acids is 1. The van der Waals surface area contributed by atoms with E-state index in [4.69, 9.17) is 5.73 Å². The topological polar surface area (TPSA) is 66.6 Å². The van der Waals surface area contributed by atoms with Crippen LogP contribution in [-0.4, -0.2) is 41.1 Å². The van der Waals surface area contributed by atoms with Gasteiger partial charge in [0.05, 0.1) is 12.1 Å². The van der Waals surface area contributed by atoms with Crippen LogP contribution in [0.1, 0.15) is 26.2 Å². The van der Waals surface area contributed by atoms with Crippen molar-refractivity contribution >= 4 is 5.91 Å². The molecular weight excluding hydrogens is 168 g/mol. The van der Waals surface area contributed by atoms with Gasteiger partial charge in [0, 0.05) is 6.54 Å². The summed E-state index contributed by atoms with van der Waals surface area (Å²) < 4.78 is 0. The minimum atomic E-state index is -0.290. The summed E-state index contributed by atoms with van der Waals surface area (Å²) in [5.74, 6) is -0.281. The van der Waals surface area contributed by atoms with Gasteiger partial charge >= 0.3 is 0 Å². The van der Waals surface area contributed by atoms with Crippen molar-refractivity contribution in [2.45, 2.75) is 38.3 Å². The van der Waals surface area contributed by atoms with Crippen molar-refractivity contribution in [3.63, 3.8) is 0 Å². The van der Waals surface area contributed by atoms with Crippen LogP contribution in [0.4, 0.5) is 0 Å². The molecule has 1 unspecified atom stereocenters. The lowest BCUT2D eigenvalue weighted by Gasteiger charge is -2.34. The maximum absolute atomic E-state index is 11.0. The number of aliphatic hydroxyl groups excluding tert-OH is 1. The van der Waals surface area contributed by atoms with Crippen LogP contribution < -0.4 is 5.73 Å². The summed E-state index contributed by atoms with van der Waals surface area (Å²) in [5.41, 5.74) is 5.26. The van der Waals surface area contributed by atoms with E-state index in [2.05, 4.69) is 0 Å². The molecule has 1 aliphatic heterocycles. The molecule has 0 aromatic rings. The number of piperidine rings is 1. The molecule has 0 aromatic carbocycles. The Kier molecular flexibility index (Phi) is 3.69. The number of primary amides is 1. The second kappa shape index (κ2) is 4.58. The quantitative estimate of drug-likeness (QED) is 0.636. The summed E-state index contributed by atoms with van der Waals surface area (Å²) in [6, 6.07) is -0.199. The van der Waals surface area contributed by atoms with Crippen molar-refractivity contribution in [3.8, 4) is 0 Å². The zero-order chi connectivity index (χ0) is 9.84. The Bertz CT molecular complexity index is 184. The highest BCUT2D eigenvalue weighted by Crippen LogP contribution is 2.14. The number of rotatable bonds is 3. The maximum atomic E-state index is 11.0. The number of hydrogen-bond acceptors (Lipinski definition) is 3. The van der Waals surface area contributed by atoms with Crippen molar-refractivity contribution in [1.29, 1.82) is 0 Å². The third-order valence-corrected chi connectivity index (χ3v) is 2.58. The zero-order valence-electron chi connectivity index (χ0n) is 8.07. The summed E-state index contributed by atoms with van der Waals surface area (Å²) in [7, 11) is 0. The molecule has 1 heterocycles. The van der Waals surface area contributed by atoms with Gasteiger partial charge in [0.15, 0.2) is 0 Å². The van der Waals surface area contributed by atoms with Crippen molar-refractivity contribution in [2.75, 3.05) is 13.1 Å². The number of nitrogens with zero attached hydrogens (tertiary/aromatic N) is 1. The second-order valence-electron chi connectivity index (χ2n) is 3.62. The number of β-amino-alcohol motifs (C(OH)–C–C–N with tert-alkyl or cyclic N) is 1. The Morgan fingerprint density at radius 1 is 1.77 bits per heavy atom. The lowest BCUT2D eigenvalue weighted by Crippen LogP contribution is -2.50. The third kappa shape index (κ3) is 2.67. The monoisotopic (exact) mass is 186 g/mol. The SMILES string of the molecule is CCC(C(N)=O)N1CCC[C@H](O)C1. The molecule has 1 aliphatic rings. The first kappa shape index (κ1) is 10.5. The largest absolute Gasteiger partial charge is 0.392 e. The molecule has 4 heteroatoms. The zero-order valence-corrected chi connectivity index (χ0v) is 8.07. The Morgan fingerprint density at radius 2 is 2.46 bits per heavy atom. The van der Waals surface area contributed by atoms with E-state index in [1.54, 1.807) is 0 Å². The van der Waals surface area contributed by atoms with E-state index in [1.807, 2.05) is 11.8 Å². The van der Waals surface area contributed by atoms with Gasteiger partial charge in [0.2, 0.25) is 5.91 Å². The van der Waals surface area contributed by atoms with Gasteiger partial charge in [0.25, 0.3) is 0 Å². The average molecular weight is 186 g/mol. The Hall–Kier alpha value is -0.610. The van der Waals surface area contributed by atoms with Crippen molar-refractivity contribution < 1.29 is 9.90 Å². The molecule has 1 rings (SSSR count). The lowest BCUT2D eigenvalue weighted by molar-refractivity contribution is -0.124. The number of likely N-dealkylation sites (tertiary alicyclic amines) is 1. The predicted octanol–water partition coefficient (Wildman–Crippen LogP) is -0.293. The van der Waals surface area contributed by atoms with Crippen molar-refractivity contribution in [3.05, 3.63) is 0 Å². The van der Waals surface area contributed by atoms with Crippen LogP contribution in [0, 0.1) is 0 Å². The van der Waals surface area contributed by atoms with E-state index < -0.39 is 0 Å². The molecule has 0 radical (unpaired) electrons. The normalized spacial score (nSPS) is 27.1. The Morgan fingerprint density at radius 3 is 2.92 bits per heavy atom. The van der Waals surface area contributed by atoms with Gasteiger partial charge in [-0.15, -0.1) is 0 Å². The minimum Gasteiger partial charge on any atom is -0.392 e. The smallest absolute Gasteiger partial charge is 0.234 e. The van der Waals surface area contributed by atoms with E-state index in [1.165, 1.54) is 0 Å². The Balaban J connectivity index is 2.52. The van der Waals surface area contributed by atoms with Gasteiger partial charge in [-0.1, -0.05) is 6.92 Å². The first-order chi connectivity index (χ1) is 6.15. The van der Waals surface area contributed by atoms with Crippen LogP contribution in [-0.2, 0) is 4.79 Å². The predicted molar refractivity (Wildman–Crippen MR) is 50.1 cm³/mol. The molecular formula is C9H18N2O2. The lowest BCUT2D eigenvalue weighted by atomic mass is 10.0. The molecule has 0 bridgehead atoms. The second-order valence-corrected chi connectivity index (χ2v) is 3.62. The fraction of sp³-hybridized carbons (Fsp3) is 0.889. The minimum absolute atomic E-state index is 0.199. The molecule has 3 N–H and O–H groups in total. The Labute approximate surface area is 78.7 Å². The molecule has 76 valence electrons. The molecule has 0 saturated carbocycles. The van der Waals surface area contributed by atoms with Crippen LogP contribution in [0.25, 0.3) is 0 Å². The van der Waals surface area contributed by atoms with Gasteiger partial charge in [-0.05, 0) is 25.8 Å². The van der Waals surface area contributed by atoms with Crippen LogP contribution in [0.15, 0.2) is 0 Å². The van der Waals surface area contributed by atoms with Crippen molar-refractivity contribution in [1.82, 2.24) is 4.90 Å². The first-order valence-corrected chi connectivity index (χ1v) is 4.86. The number of aliphatic hydroxyl groups is 1. The number of hydrogen-bond donors (Lipinski definition) is 2. The van der Waals surface area contributed by atoms with Crippen LogP contribution in [0.3, 0.4) is 0 Å². The van der Waals surface area contributed by atoms with Crippen molar-refractivity contribution in [2.24, 2.45) is 5.73 Å². The highest BCUT2D eigenvalue weighted by Gasteiger charge is 2.26. The molecule has 1 fully saturated rings. The van der Waals surface area contributed by atoms with Gasteiger partial charge in [-0.3, -0.25) is 9.69 Å². The molecule has 0 spiro atoms. The van der Waals surface area contributed by atoms with Gasteiger partial charge < -0.3 is 10.8 Å². The van der Waals surface area contributed by atoms with E-state index >= 15 is 0 Å². The fourth-order valence-corrected chi connectivity index (χ4v) is 1.91. The van der Waals surface area contributed by atoms with E-state index in [0.29, 0.717) is 6.54 Å². The first-order valence-electron chi connectivity index (χ1n) is 4.86. The maximum Gasteiger partial charge on any atom is 0.234 e. The summed E-state index contributed by atoms with van der Waals surface area (Å²) in [6.45, 7) is 3.40. The average Bonchev–Trinajstić information content (AvgIpc) is 2.04. The summed E-state index contributed by atoms with van der Waals surface area (Å²) in [6.07, 6.45) is 2.22. The standard InChI is InChI=1S/C9H18N2O2/c1-2-8(9(10)13)11-5-3-4-7(12)6-11/h7-8,12H,2-6H2,1H3,(H2,10,13)/t7-,8?/m0/s1. The van der Waals surface area contributed by atoms with Crippen LogP contribution >= 0.6 is 0 Å². The molecule has 13 heavy (non-hydrogen) atoms. The molecule has 0 aromatic heterocycles. The molecule has 4 nitrogen and oxygen atoms in total. The molecule has 1 amide bonds. The molecule has 2 atom stereocenters. The number of nitrogens with two attached hydrogens (primary N) is 1. The van der Waals surface area contributed by atoms with Crippen LogP contribution in [0.2, 0.25) is 0 Å². The number of carbonyl (C=O) groups is 1. The van der Waals surface area contributed by atoms with Crippen LogP contribution in [0.5, 0.6) is 0 Å². The summed E-state index contributed by atoms with van der Waals surface area (Å²) in [4.78, 5) is 13.0. The molecule has 1 saturated heterocycles. The van der Waals surface area contributed by atoms with E-state index in [9.17, 15) is 9.90 Å². The van der Waals surface area contributed by atoms with E-state index in [0.717, 1.165) is 25.8 Å². The summed E-state index contributed by atoms with van der Waals surface area (Å²) >= 11 is 0. The van der Waals surface area contributed by atoms with Gasteiger partial charge in [-0.25, -0.2) is 0 Å².